The molecule has 0 aromatic heterocycles. The van der Waals surface area contributed by atoms with Gasteiger partial charge in [-0.25, -0.2) is 0 Å². The first kappa shape index (κ1) is 24.6. The third-order valence-electron chi connectivity index (χ3n) is 4.94. The van der Waals surface area contributed by atoms with Crippen molar-refractivity contribution in [2.45, 2.75) is 70.8 Å². The van der Waals surface area contributed by atoms with Gasteiger partial charge in [-0.1, -0.05) is 126 Å². The zero-order valence-corrected chi connectivity index (χ0v) is 21.3. The predicted octanol–water partition coefficient (Wildman–Crippen LogP) is 5.96. The van der Waals surface area contributed by atoms with E-state index in [4.69, 9.17) is 4.43 Å². The van der Waals surface area contributed by atoms with Crippen LogP contribution in [0, 0.1) is 0 Å². The van der Waals surface area contributed by atoms with Gasteiger partial charge in [0, 0.05) is 11.2 Å². The monoisotopic (exact) mass is 440 g/mol. The Morgan fingerprint density at radius 2 is 1.40 bits per heavy atom. The highest BCUT2D eigenvalue weighted by Crippen LogP contribution is 2.38. The third-order valence-corrected chi connectivity index (χ3v) is 11.0. The van der Waals surface area contributed by atoms with Gasteiger partial charge in [-0.05, 0) is 22.3 Å². The van der Waals surface area contributed by atoms with Crippen molar-refractivity contribution >= 4 is 35.6 Å². The maximum atomic E-state index is 12.8. The van der Waals surface area contributed by atoms with Gasteiger partial charge in [0.25, 0.3) is 8.32 Å². The number of carbonyl (C=O) groups is 1. The average Bonchev–Trinajstić information content (AvgIpc) is 2.65. The molecular formula is C26H36O2SSi. The van der Waals surface area contributed by atoms with Crippen LogP contribution in [0.15, 0.2) is 72.8 Å². The second kappa shape index (κ2) is 10.1. The molecule has 0 fully saturated rings. The minimum absolute atomic E-state index is 0.102. The van der Waals surface area contributed by atoms with E-state index < -0.39 is 8.32 Å². The van der Waals surface area contributed by atoms with Gasteiger partial charge < -0.3 is 4.43 Å². The summed E-state index contributed by atoms with van der Waals surface area (Å²) in [6, 6.07) is 21.2. The van der Waals surface area contributed by atoms with Crippen LogP contribution >= 0.6 is 11.8 Å². The van der Waals surface area contributed by atoms with E-state index in [0.29, 0.717) is 6.42 Å². The normalized spacial score (nSPS) is 14.1. The van der Waals surface area contributed by atoms with Crippen molar-refractivity contribution in [1.29, 1.82) is 0 Å². The van der Waals surface area contributed by atoms with Crippen molar-refractivity contribution in [2.24, 2.45) is 0 Å². The van der Waals surface area contributed by atoms with Crippen LogP contribution in [0.3, 0.4) is 0 Å². The molecule has 4 heteroatoms. The molecule has 0 aliphatic carbocycles. The van der Waals surface area contributed by atoms with Gasteiger partial charge in [0.2, 0.25) is 0 Å². The zero-order valence-electron chi connectivity index (χ0n) is 19.4. The first-order chi connectivity index (χ1) is 14.0. The van der Waals surface area contributed by atoms with Crippen molar-refractivity contribution in [3.8, 4) is 0 Å². The van der Waals surface area contributed by atoms with Gasteiger partial charge in [0.05, 0.1) is 6.10 Å². The highest BCUT2D eigenvalue weighted by molar-refractivity contribution is 8.14. The van der Waals surface area contributed by atoms with Gasteiger partial charge in [-0.15, -0.1) is 0 Å². The van der Waals surface area contributed by atoms with E-state index >= 15 is 0 Å². The lowest BCUT2D eigenvalue weighted by atomic mass is 10.2. The molecule has 2 nitrogen and oxygen atoms in total. The van der Waals surface area contributed by atoms with Crippen molar-refractivity contribution < 1.29 is 9.22 Å². The molecule has 0 amide bonds. The standard InChI is InChI=1S/C26H36O2SSi/c1-8-15-21(20-24(27)29-25(2,3)4)28-30(26(5,6)7,22-16-11-9-12-17-22)23-18-13-10-14-19-23/h8-19,21H,20H2,1-7H3/b15-8+. The summed E-state index contributed by atoms with van der Waals surface area (Å²) in [5.41, 5.74) is 0. The number of allylic oxidation sites excluding steroid dienone is 1. The third kappa shape index (κ3) is 6.19. The quantitative estimate of drug-likeness (QED) is 0.393. The average molecular weight is 441 g/mol. The molecule has 0 saturated heterocycles. The molecule has 0 aliphatic heterocycles. The summed E-state index contributed by atoms with van der Waals surface area (Å²) >= 11 is 1.40. The Kier molecular flexibility index (Phi) is 8.32. The lowest BCUT2D eigenvalue weighted by molar-refractivity contribution is -0.112. The van der Waals surface area contributed by atoms with E-state index in [-0.39, 0.29) is 21.0 Å². The largest absolute Gasteiger partial charge is 0.401 e. The maximum absolute atomic E-state index is 12.8. The highest BCUT2D eigenvalue weighted by atomic mass is 32.2. The number of hydrogen-bond donors (Lipinski definition) is 0. The minimum Gasteiger partial charge on any atom is -0.401 e. The van der Waals surface area contributed by atoms with Gasteiger partial charge in [0.1, 0.15) is 0 Å². The SMILES string of the molecule is C/C=C/C(CC(=O)SC(C)(C)C)O[Si](c1ccccc1)(c1ccccc1)C(C)(C)C. The topological polar surface area (TPSA) is 26.3 Å². The fraction of sp³-hybridized carbons (Fsp3) is 0.423. The summed E-state index contributed by atoms with van der Waals surface area (Å²) in [6.07, 6.45) is 4.15. The highest BCUT2D eigenvalue weighted by Gasteiger charge is 2.51. The van der Waals surface area contributed by atoms with Gasteiger partial charge in [0.15, 0.2) is 5.12 Å². The number of benzene rings is 2. The van der Waals surface area contributed by atoms with Gasteiger partial charge >= 0.3 is 0 Å². The fourth-order valence-electron chi connectivity index (χ4n) is 3.83. The Hall–Kier alpha value is -1.62. The number of thioether (sulfide) groups is 1. The summed E-state index contributed by atoms with van der Waals surface area (Å²) in [6.45, 7) is 15.0. The number of rotatable bonds is 7. The summed E-state index contributed by atoms with van der Waals surface area (Å²) < 4.78 is 7.02. The summed E-state index contributed by atoms with van der Waals surface area (Å²) in [5, 5.41) is 2.52. The van der Waals surface area contributed by atoms with Crippen molar-refractivity contribution in [1.82, 2.24) is 0 Å². The molecule has 1 unspecified atom stereocenters. The van der Waals surface area contributed by atoms with Crippen molar-refractivity contribution in [2.75, 3.05) is 0 Å². The van der Waals surface area contributed by atoms with E-state index in [0.717, 1.165) is 0 Å². The number of hydrogen-bond acceptors (Lipinski definition) is 3. The van der Waals surface area contributed by atoms with Gasteiger partial charge in [-0.3, -0.25) is 4.79 Å². The molecule has 2 aromatic carbocycles. The number of carbonyl (C=O) groups excluding carboxylic acids is 1. The van der Waals surface area contributed by atoms with Crippen LogP contribution < -0.4 is 10.4 Å². The van der Waals surface area contributed by atoms with Crippen LogP contribution in [-0.2, 0) is 9.22 Å². The summed E-state index contributed by atoms with van der Waals surface area (Å²) in [4.78, 5) is 12.8. The minimum atomic E-state index is -2.69. The first-order valence-corrected chi connectivity index (χ1v) is 13.4. The molecular weight excluding hydrogens is 404 g/mol. The fourth-order valence-corrected chi connectivity index (χ4v) is 9.39. The van der Waals surface area contributed by atoms with Crippen LogP contribution in [0.5, 0.6) is 0 Å². The molecule has 2 rings (SSSR count). The van der Waals surface area contributed by atoms with E-state index in [1.165, 1.54) is 22.1 Å². The Bertz CT molecular complexity index is 793. The van der Waals surface area contributed by atoms with Crippen LogP contribution in [-0.4, -0.2) is 24.3 Å². The van der Waals surface area contributed by atoms with Crippen LogP contribution in [0.4, 0.5) is 0 Å². The molecule has 162 valence electrons. The van der Waals surface area contributed by atoms with Gasteiger partial charge in [-0.2, -0.15) is 0 Å². The van der Waals surface area contributed by atoms with Crippen molar-refractivity contribution in [3.05, 3.63) is 72.8 Å². The van der Waals surface area contributed by atoms with E-state index in [1.54, 1.807) is 0 Å². The van der Waals surface area contributed by atoms with Crippen LogP contribution in [0.2, 0.25) is 5.04 Å². The Morgan fingerprint density at radius 3 is 1.77 bits per heavy atom. The summed E-state index contributed by atoms with van der Waals surface area (Å²) in [7, 11) is -2.69. The van der Waals surface area contributed by atoms with E-state index in [2.05, 4.69) is 90.1 Å². The van der Waals surface area contributed by atoms with E-state index in [1.807, 2.05) is 31.2 Å². The lowest BCUT2D eigenvalue weighted by Crippen LogP contribution is -2.67. The Labute approximate surface area is 188 Å². The molecule has 2 aromatic rings. The predicted molar refractivity (Wildman–Crippen MR) is 134 cm³/mol. The Morgan fingerprint density at radius 1 is 0.933 bits per heavy atom. The molecule has 0 N–H and O–H groups in total. The molecule has 0 aliphatic rings. The molecule has 0 heterocycles. The molecule has 0 spiro atoms. The maximum Gasteiger partial charge on any atom is 0.261 e. The second-order valence-electron chi connectivity index (χ2n) is 9.64. The molecule has 1 atom stereocenters. The molecule has 30 heavy (non-hydrogen) atoms. The molecule has 0 saturated carbocycles. The van der Waals surface area contributed by atoms with Crippen molar-refractivity contribution in [3.63, 3.8) is 0 Å². The Balaban J connectivity index is 2.56. The molecule has 0 radical (unpaired) electrons. The lowest BCUT2D eigenvalue weighted by Gasteiger charge is -2.44. The first-order valence-electron chi connectivity index (χ1n) is 10.6. The van der Waals surface area contributed by atoms with Crippen LogP contribution in [0.1, 0.15) is 54.9 Å². The van der Waals surface area contributed by atoms with Crippen LogP contribution in [0.25, 0.3) is 0 Å². The molecule has 0 bridgehead atoms. The zero-order chi connectivity index (χ0) is 22.4. The summed E-state index contributed by atoms with van der Waals surface area (Å²) in [5.74, 6) is 0. The van der Waals surface area contributed by atoms with E-state index in [9.17, 15) is 4.79 Å². The smallest absolute Gasteiger partial charge is 0.261 e. The second-order valence-corrected chi connectivity index (χ2v) is 15.8.